The summed E-state index contributed by atoms with van der Waals surface area (Å²) in [5.41, 5.74) is 1.37. The van der Waals surface area contributed by atoms with Crippen LogP contribution in [0.25, 0.3) is 0 Å². The summed E-state index contributed by atoms with van der Waals surface area (Å²) in [5.74, 6) is 0. The predicted molar refractivity (Wildman–Crippen MR) is 69.9 cm³/mol. The Balaban J connectivity index is 0.000000791. The fourth-order valence-electron chi connectivity index (χ4n) is 0.729. The van der Waals surface area contributed by atoms with Crippen molar-refractivity contribution in [2.24, 2.45) is 0 Å². The van der Waals surface area contributed by atoms with Crippen LogP contribution in [-0.4, -0.2) is 4.75 Å². The third-order valence-electron chi connectivity index (χ3n) is 1.23. The van der Waals surface area contributed by atoms with Crippen LogP contribution < -0.4 is 4.72 Å². The Kier molecular flexibility index (Phi) is 7.33. The molecule has 82 valence electrons. The van der Waals surface area contributed by atoms with Gasteiger partial charge in [-0.1, -0.05) is 25.8 Å². The van der Waals surface area contributed by atoms with Gasteiger partial charge in [-0.3, -0.25) is 4.72 Å². The monoisotopic (exact) mass is 231 g/mol. The first-order valence-corrected chi connectivity index (χ1v) is 6.76. The maximum absolute atomic E-state index is 3.35. The molecule has 1 N–H and O–H groups in total. The molecule has 0 radical (unpaired) electrons. The van der Waals surface area contributed by atoms with Crippen LogP contribution in [-0.2, 0) is 6.54 Å². The van der Waals surface area contributed by atoms with Gasteiger partial charge in [0.05, 0.1) is 0 Å². The summed E-state index contributed by atoms with van der Waals surface area (Å²) in [6, 6.07) is 2.15. The molecule has 0 bridgehead atoms. The molecular weight excluding hydrogens is 210 g/mol. The average molecular weight is 231 g/mol. The first-order valence-electron chi connectivity index (χ1n) is 5.00. The summed E-state index contributed by atoms with van der Waals surface area (Å²) >= 11 is 3.53. The van der Waals surface area contributed by atoms with Gasteiger partial charge in [-0.25, -0.2) is 0 Å². The lowest BCUT2D eigenvalue weighted by molar-refractivity contribution is 0.788. The van der Waals surface area contributed by atoms with E-state index in [0.717, 1.165) is 6.54 Å². The highest BCUT2D eigenvalue weighted by Gasteiger charge is 2.09. The summed E-state index contributed by atoms with van der Waals surface area (Å²) in [5, 5.41) is 4.29. The minimum atomic E-state index is 0.302. The van der Waals surface area contributed by atoms with Crippen LogP contribution in [0.15, 0.2) is 16.8 Å². The minimum absolute atomic E-state index is 0.302. The van der Waals surface area contributed by atoms with Crippen molar-refractivity contribution in [3.63, 3.8) is 0 Å². The quantitative estimate of drug-likeness (QED) is 0.778. The maximum Gasteiger partial charge on any atom is 0.0318 e. The molecule has 0 saturated carbocycles. The predicted octanol–water partition coefficient (Wildman–Crippen LogP) is 4.31. The minimum Gasteiger partial charge on any atom is -0.259 e. The Morgan fingerprint density at radius 1 is 1.36 bits per heavy atom. The Morgan fingerprint density at radius 2 is 2.00 bits per heavy atom. The number of rotatable bonds is 3. The van der Waals surface area contributed by atoms with Crippen molar-refractivity contribution in [2.75, 3.05) is 0 Å². The summed E-state index contributed by atoms with van der Waals surface area (Å²) in [7, 11) is 0. The van der Waals surface area contributed by atoms with Gasteiger partial charge < -0.3 is 0 Å². The lowest BCUT2D eigenvalue weighted by Crippen LogP contribution is -2.16. The summed E-state index contributed by atoms with van der Waals surface area (Å²) in [4.78, 5) is 0. The molecule has 0 unspecified atom stereocenters. The molecule has 0 aliphatic rings. The fourth-order valence-corrected chi connectivity index (χ4v) is 2.07. The molecule has 0 atom stereocenters. The molecule has 3 heteroatoms. The molecule has 1 nitrogen and oxygen atoms in total. The van der Waals surface area contributed by atoms with Gasteiger partial charge in [0, 0.05) is 11.3 Å². The van der Waals surface area contributed by atoms with Gasteiger partial charge in [-0.15, -0.1) is 0 Å². The molecule has 1 rings (SSSR count). The van der Waals surface area contributed by atoms with Gasteiger partial charge in [-0.2, -0.15) is 11.3 Å². The van der Waals surface area contributed by atoms with Crippen LogP contribution >= 0.6 is 23.3 Å². The van der Waals surface area contributed by atoms with E-state index in [9.17, 15) is 0 Å². The van der Waals surface area contributed by atoms with E-state index >= 15 is 0 Å². The van der Waals surface area contributed by atoms with Gasteiger partial charge in [-0.05, 0) is 43.2 Å². The molecular formula is C11H21NS2. The van der Waals surface area contributed by atoms with Crippen molar-refractivity contribution < 1.29 is 0 Å². The normalized spacial score (nSPS) is 10.6. The lowest BCUT2D eigenvalue weighted by Gasteiger charge is -2.17. The molecule has 0 spiro atoms. The van der Waals surface area contributed by atoms with Crippen molar-refractivity contribution in [3.05, 3.63) is 22.4 Å². The third kappa shape index (κ3) is 7.42. The van der Waals surface area contributed by atoms with Crippen molar-refractivity contribution >= 4 is 23.3 Å². The average Bonchev–Trinajstić information content (AvgIpc) is 2.58. The number of thiophene rings is 1. The van der Waals surface area contributed by atoms with Gasteiger partial charge in [0.2, 0.25) is 0 Å². The number of hydrogen-bond acceptors (Lipinski definition) is 3. The number of nitrogens with one attached hydrogen (secondary N) is 1. The molecule has 0 amide bonds. The van der Waals surface area contributed by atoms with Gasteiger partial charge in [0.15, 0.2) is 0 Å². The lowest BCUT2D eigenvalue weighted by atomic mass is 10.3. The molecule has 1 heterocycles. The summed E-state index contributed by atoms with van der Waals surface area (Å²) in [6.45, 7) is 11.6. The second-order valence-corrected chi connectivity index (χ2v) is 6.16. The fraction of sp³-hybridized carbons (Fsp3) is 0.636. The Bertz CT molecular complexity index is 212. The first kappa shape index (κ1) is 14.0. The van der Waals surface area contributed by atoms with Crippen LogP contribution in [0, 0.1) is 0 Å². The standard InChI is InChI=1S/C9H15NS2.C2H6/c1-9(2,3)12-10-6-8-4-5-11-7-8;1-2/h4-5,7,10H,6H2,1-3H3;1-2H3. The van der Waals surface area contributed by atoms with Crippen LogP contribution in [0.2, 0.25) is 0 Å². The second-order valence-electron chi connectivity index (χ2n) is 3.67. The van der Waals surface area contributed by atoms with E-state index in [2.05, 4.69) is 42.3 Å². The molecule has 14 heavy (non-hydrogen) atoms. The molecule has 1 aromatic rings. The number of hydrogen-bond donors (Lipinski definition) is 1. The van der Waals surface area contributed by atoms with Gasteiger partial charge in [0.25, 0.3) is 0 Å². The van der Waals surface area contributed by atoms with Crippen molar-refractivity contribution in [1.82, 2.24) is 4.72 Å². The summed E-state index contributed by atoms with van der Waals surface area (Å²) < 4.78 is 3.65. The molecule has 0 aliphatic heterocycles. The highest BCUT2D eigenvalue weighted by molar-refractivity contribution is 7.98. The first-order chi connectivity index (χ1) is 6.58. The topological polar surface area (TPSA) is 12.0 Å². The van der Waals surface area contributed by atoms with Crippen LogP contribution in [0.5, 0.6) is 0 Å². The van der Waals surface area contributed by atoms with Crippen LogP contribution in [0.1, 0.15) is 40.2 Å². The largest absolute Gasteiger partial charge is 0.259 e. The van der Waals surface area contributed by atoms with Crippen LogP contribution in [0.4, 0.5) is 0 Å². The van der Waals surface area contributed by atoms with Crippen molar-refractivity contribution in [3.8, 4) is 0 Å². The van der Waals surface area contributed by atoms with E-state index in [4.69, 9.17) is 0 Å². The molecule has 0 aromatic carbocycles. The van der Waals surface area contributed by atoms with E-state index in [1.54, 1.807) is 23.3 Å². The SMILES string of the molecule is CC.CC(C)(C)SNCc1ccsc1. The molecule has 0 saturated heterocycles. The highest BCUT2D eigenvalue weighted by atomic mass is 32.2. The van der Waals surface area contributed by atoms with E-state index in [1.807, 2.05) is 13.8 Å². The van der Waals surface area contributed by atoms with E-state index in [1.165, 1.54) is 5.56 Å². The zero-order valence-corrected chi connectivity index (χ0v) is 11.4. The van der Waals surface area contributed by atoms with Crippen LogP contribution in [0.3, 0.4) is 0 Å². The Hall–Kier alpha value is 0.01000. The highest BCUT2D eigenvalue weighted by Crippen LogP contribution is 2.20. The zero-order valence-electron chi connectivity index (χ0n) is 9.76. The Labute approximate surface area is 96.4 Å². The van der Waals surface area contributed by atoms with E-state index in [0.29, 0.717) is 4.75 Å². The molecule has 1 aromatic heterocycles. The van der Waals surface area contributed by atoms with Gasteiger partial charge in [0.1, 0.15) is 0 Å². The summed E-state index contributed by atoms with van der Waals surface area (Å²) in [6.07, 6.45) is 0. The molecule has 0 fully saturated rings. The van der Waals surface area contributed by atoms with Gasteiger partial charge >= 0.3 is 0 Å². The maximum atomic E-state index is 3.35. The molecule has 0 aliphatic carbocycles. The van der Waals surface area contributed by atoms with Crippen molar-refractivity contribution in [2.45, 2.75) is 45.9 Å². The second kappa shape index (κ2) is 7.32. The van der Waals surface area contributed by atoms with E-state index < -0.39 is 0 Å². The third-order valence-corrected chi connectivity index (χ3v) is 2.87. The van der Waals surface area contributed by atoms with Crippen molar-refractivity contribution in [1.29, 1.82) is 0 Å². The Morgan fingerprint density at radius 3 is 2.43 bits per heavy atom. The smallest absolute Gasteiger partial charge is 0.0318 e. The zero-order chi connectivity index (χ0) is 11.0. The van der Waals surface area contributed by atoms with E-state index in [-0.39, 0.29) is 0 Å².